The second-order valence-electron chi connectivity index (χ2n) is 8.63. The predicted molar refractivity (Wildman–Crippen MR) is 124 cm³/mol. The molecular formula is C26H27N3O2. The molecule has 0 saturated carbocycles. The van der Waals surface area contributed by atoms with Crippen LogP contribution in [0.2, 0.25) is 0 Å². The number of benzene rings is 3. The molecule has 3 aromatic carbocycles. The first kappa shape index (κ1) is 20.7. The number of carbonyl (C=O) groups is 1. The van der Waals surface area contributed by atoms with Crippen molar-refractivity contribution < 1.29 is 9.53 Å². The van der Waals surface area contributed by atoms with Crippen molar-refractivity contribution in [2.75, 3.05) is 0 Å². The lowest BCUT2D eigenvalue weighted by atomic mass is 10.0. The van der Waals surface area contributed by atoms with Crippen LogP contribution in [0.3, 0.4) is 0 Å². The monoisotopic (exact) mass is 413 g/mol. The fourth-order valence-corrected chi connectivity index (χ4v) is 3.55. The molecule has 4 aromatic rings. The van der Waals surface area contributed by atoms with Gasteiger partial charge in [-0.3, -0.25) is 0 Å². The summed E-state index contributed by atoms with van der Waals surface area (Å²) < 4.78 is 5.50. The van der Waals surface area contributed by atoms with E-state index >= 15 is 0 Å². The van der Waals surface area contributed by atoms with Crippen molar-refractivity contribution in [1.29, 1.82) is 0 Å². The van der Waals surface area contributed by atoms with E-state index in [1.807, 2.05) is 63.2 Å². The van der Waals surface area contributed by atoms with Gasteiger partial charge in [-0.05, 0) is 42.7 Å². The molecule has 31 heavy (non-hydrogen) atoms. The second kappa shape index (κ2) is 8.64. The Bertz CT molecular complexity index is 1180. The molecular weight excluding hydrogens is 386 g/mol. The van der Waals surface area contributed by atoms with Gasteiger partial charge in [-0.1, -0.05) is 72.8 Å². The van der Waals surface area contributed by atoms with E-state index in [0.717, 1.165) is 16.8 Å². The number of H-pyrrole nitrogens is 1. The van der Waals surface area contributed by atoms with Crippen LogP contribution < -0.4 is 5.32 Å². The number of aromatic nitrogens is 2. The zero-order chi connectivity index (χ0) is 21.8. The molecule has 0 radical (unpaired) electrons. The summed E-state index contributed by atoms with van der Waals surface area (Å²) in [6.07, 6.45) is 1.93. The van der Waals surface area contributed by atoms with Crippen molar-refractivity contribution in [3.05, 3.63) is 90.4 Å². The van der Waals surface area contributed by atoms with Crippen LogP contribution in [0.1, 0.15) is 38.2 Å². The Morgan fingerprint density at radius 3 is 2.45 bits per heavy atom. The van der Waals surface area contributed by atoms with Crippen LogP contribution in [0, 0.1) is 0 Å². The molecule has 4 rings (SSSR count). The van der Waals surface area contributed by atoms with Crippen molar-refractivity contribution in [1.82, 2.24) is 15.3 Å². The van der Waals surface area contributed by atoms with E-state index in [1.165, 1.54) is 10.8 Å². The Balaban J connectivity index is 1.62. The molecule has 1 atom stereocenters. The Labute approximate surface area is 182 Å². The molecule has 0 aliphatic rings. The van der Waals surface area contributed by atoms with Crippen LogP contribution in [-0.4, -0.2) is 21.7 Å². The maximum Gasteiger partial charge on any atom is 0.408 e. The average molecular weight is 414 g/mol. The van der Waals surface area contributed by atoms with Crippen LogP contribution in [0.4, 0.5) is 4.79 Å². The van der Waals surface area contributed by atoms with Gasteiger partial charge < -0.3 is 15.0 Å². The molecule has 5 heteroatoms. The first-order valence-corrected chi connectivity index (χ1v) is 10.4. The molecule has 0 unspecified atom stereocenters. The molecule has 1 aromatic heterocycles. The highest BCUT2D eigenvalue weighted by molar-refractivity contribution is 5.83. The molecule has 1 heterocycles. The van der Waals surface area contributed by atoms with E-state index in [2.05, 4.69) is 45.6 Å². The molecule has 0 spiro atoms. The van der Waals surface area contributed by atoms with Crippen LogP contribution >= 0.6 is 0 Å². The minimum atomic E-state index is -0.573. The highest BCUT2D eigenvalue weighted by atomic mass is 16.6. The zero-order valence-corrected chi connectivity index (χ0v) is 18.1. The summed E-state index contributed by atoms with van der Waals surface area (Å²) in [6.45, 7) is 5.56. The maximum absolute atomic E-state index is 12.5. The van der Waals surface area contributed by atoms with Crippen molar-refractivity contribution in [2.24, 2.45) is 0 Å². The van der Waals surface area contributed by atoms with E-state index in [9.17, 15) is 4.79 Å². The van der Waals surface area contributed by atoms with Crippen molar-refractivity contribution in [3.8, 4) is 11.3 Å². The number of carbonyl (C=O) groups excluding carboxylic acids is 1. The molecule has 0 fully saturated rings. The Morgan fingerprint density at radius 2 is 1.71 bits per heavy atom. The quantitative estimate of drug-likeness (QED) is 0.419. The number of nitrogens with zero attached hydrogens (tertiary/aromatic N) is 1. The van der Waals surface area contributed by atoms with Gasteiger partial charge in [0.05, 0.1) is 17.9 Å². The van der Waals surface area contributed by atoms with Crippen molar-refractivity contribution >= 4 is 16.9 Å². The third-order valence-electron chi connectivity index (χ3n) is 4.96. The van der Waals surface area contributed by atoms with E-state index in [4.69, 9.17) is 4.74 Å². The highest BCUT2D eigenvalue weighted by Gasteiger charge is 2.23. The van der Waals surface area contributed by atoms with Gasteiger partial charge >= 0.3 is 6.09 Å². The first-order chi connectivity index (χ1) is 14.9. The van der Waals surface area contributed by atoms with Gasteiger partial charge in [0.1, 0.15) is 11.4 Å². The minimum Gasteiger partial charge on any atom is -0.444 e. The van der Waals surface area contributed by atoms with E-state index in [1.54, 1.807) is 6.20 Å². The maximum atomic E-state index is 12.5. The largest absolute Gasteiger partial charge is 0.444 e. The van der Waals surface area contributed by atoms with Crippen molar-refractivity contribution in [2.45, 2.75) is 38.8 Å². The summed E-state index contributed by atoms with van der Waals surface area (Å²) in [6, 6.07) is 24.2. The summed E-state index contributed by atoms with van der Waals surface area (Å²) >= 11 is 0. The fraction of sp³-hybridized carbons (Fsp3) is 0.231. The van der Waals surface area contributed by atoms with Crippen LogP contribution in [0.5, 0.6) is 0 Å². The topological polar surface area (TPSA) is 67.0 Å². The molecule has 5 nitrogen and oxygen atoms in total. The number of fused-ring (bicyclic) bond motifs is 1. The van der Waals surface area contributed by atoms with Gasteiger partial charge in [-0.25, -0.2) is 9.78 Å². The zero-order valence-electron chi connectivity index (χ0n) is 18.1. The lowest BCUT2D eigenvalue weighted by Gasteiger charge is -2.23. The van der Waals surface area contributed by atoms with Crippen molar-refractivity contribution in [3.63, 3.8) is 0 Å². The Hall–Kier alpha value is -3.60. The normalized spacial score (nSPS) is 12.5. The standard InChI is InChI=1S/C26H27N3O2/c1-26(2,3)31-25(30)29-22(16-18-13-14-19-9-7-8-12-21(19)15-18)24-27-17-23(28-24)20-10-5-4-6-11-20/h4-15,17,22H,16H2,1-3H3,(H,27,28)(H,29,30)/t22-/m1/s1. The lowest BCUT2D eigenvalue weighted by molar-refractivity contribution is 0.0501. The highest BCUT2D eigenvalue weighted by Crippen LogP contribution is 2.24. The molecule has 0 bridgehead atoms. The number of hydrogen-bond acceptors (Lipinski definition) is 3. The van der Waals surface area contributed by atoms with Gasteiger partial charge in [0.25, 0.3) is 0 Å². The smallest absolute Gasteiger partial charge is 0.408 e. The number of hydrogen-bond donors (Lipinski definition) is 2. The van der Waals surface area contributed by atoms with Crippen LogP contribution in [0.25, 0.3) is 22.0 Å². The van der Waals surface area contributed by atoms with Gasteiger partial charge in [-0.2, -0.15) is 0 Å². The Morgan fingerprint density at radius 1 is 1.00 bits per heavy atom. The van der Waals surface area contributed by atoms with E-state index < -0.39 is 11.7 Å². The molecule has 1 amide bonds. The fourth-order valence-electron chi connectivity index (χ4n) is 3.55. The summed E-state index contributed by atoms with van der Waals surface area (Å²) in [5, 5.41) is 5.35. The molecule has 0 aliphatic heterocycles. The molecule has 0 saturated heterocycles. The first-order valence-electron chi connectivity index (χ1n) is 10.4. The van der Waals surface area contributed by atoms with E-state index in [-0.39, 0.29) is 6.04 Å². The summed E-state index contributed by atoms with van der Waals surface area (Å²) in [5.41, 5.74) is 2.49. The lowest BCUT2D eigenvalue weighted by Crippen LogP contribution is -2.36. The number of imidazole rings is 1. The average Bonchev–Trinajstić information content (AvgIpc) is 3.23. The number of rotatable bonds is 5. The third-order valence-corrected chi connectivity index (χ3v) is 4.96. The number of ether oxygens (including phenoxy) is 1. The number of amides is 1. The number of alkyl carbamates (subject to hydrolysis) is 1. The summed E-state index contributed by atoms with van der Waals surface area (Å²) in [5.74, 6) is 0.692. The molecule has 0 aliphatic carbocycles. The van der Waals surface area contributed by atoms with Gasteiger partial charge in [0.2, 0.25) is 0 Å². The summed E-state index contributed by atoms with van der Waals surface area (Å²) in [4.78, 5) is 20.5. The third kappa shape index (κ3) is 5.31. The Kier molecular flexibility index (Phi) is 5.76. The predicted octanol–water partition coefficient (Wildman–Crippen LogP) is 6.04. The second-order valence-corrected chi connectivity index (χ2v) is 8.63. The van der Waals surface area contributed by atoms with Gasteiger partial charge in [0.15, 0.2) is 0 Å². The van der Waals surface area contributed by atoms with Crippen LogP contribution in [0.15, 0.2) is 79.0 Å². The SMILES string of the molecule is CC(C)(C)OC(=O)N[C@H](Cc1ccc2ccccc2c1)c1ncc(-c2ccccc2)[nH]1. The van der Waals surface area contributed by atoms with Crippen LogP contribution in [-0.2, 0) is 11.2 Å². The summed E-state index contributed by atoms with van der Waals surface area (Å²) in [7, 11) is 0. The van der Waals surface area contributed by atoms with Gasteiger partial charge in [-0.15, -0.1) is 0 Å². The number of nitrogens with one attached hydrogen (secondary N) is 2. The molecule has 2 N–H and O–H groups in total. The minimum absolute atomic E-state index is 0.353. The van der Waals surface area contributed by atoms with Gasteiger partial charge in [0, 0.05) is 6.42 Å². The van der Waals surface area contributed by atoms with E-state index in [0.29, 0.717) is 12.2 Å². The molecule has 158 valence electrons. The number of aromatic amines is 1.